The predicted octanol–water partition coefficient (Wildman–Crippen LogP) is 9.19. The summed E-state index contributed by atoms with van der Waals surface area (Å²) in [6.45, 7) is 4.23. The van der Waals surface area contributed by atoms with Gasteiger partial charge in [0, 0.05) is 5.56 Å². The maximum Gasteiger partial charge on any atom is 0.166 e. The molecule has 35 heavy (non-hydrogen) atoms. The first-order valence-corrected chi connectivity index (χ1v) is 12.3. The monoisotopic (exact) mass is 476 g/mol. The lowest BCUT2D eigenvalue weighted by molar-refractivity contribution is 0.321. The van der Waals surface area contributed by atoms with Crippen LogP contribution in [0.4, 0.5) is 13.2 Å². The van der Waals surface area contributed by atoms with Gasteiger partial charge in [0.15, 0.2) is 23.2 Å². The molecule has 0 radical (unpaired) electrons. The van der Waals surface area contributed by atoms with Crippen molar-refractivity contribution in [2.24, 2.45) is 5.92 Å². The van der Waals surface area contributed by atoms with E-state index in [2.05, 4.69) is 12.2 Å². The quantitative estimate of drug-likeness (QED) is 0.244. The van der Waals surface area contributed by atoms with Crippen LogP contribution in [0.25, 0.3) is 23.3 Å². The van der Waals surface area contributed by atoms with E-state index in [9.17, 15) is 13.2 Å². The summed E-state index contributed by atoms with van der Waals surface area (Å²) in [6, 6.07) is 15.8. The van der Waals surface area contributed by atoms with Crippen LogP contribution in [-0.4, -0.2) is 6.61 Å². The molecule has 0 unspecified atom stereocenters. The first kappa shape index (κ1) is 24.8. The molecule has 0 saturated heterocycles. The van der Waals surface area contributed by atoms with Gasteiger partial charge in [-0.1, -0.05) is 66.8 Å². The van der Waals surface area contributed by atoms with E-state index < -0.39 is 17.5 Å². The Labute approximate surface area is 206 Å². The topological polar surface area (TPSA) is 9.23 Å². The van der Waals surface area contributed by atoms with Crippen LogP contribution in [0.15, 0.2) is 66.7 Å². The van der Waals surface area contributed by atoms with Crippen molar-refractivity contribution in [1.82, 2.24) is 0 Å². The fourth-order valence-electron chi connectivity index (χ4n) is 4.84. The van der Waals surface area contributed by atoms with Crippen LogP contribution in [0.3, 0.4) is 0 Å². The minimum atomic E-state index is -0.796. The number of benzene rings is 3. The van der Waals surface area contributed by atoms with Crippen molar-refractivity contribution in [3.8, 4) is 16.9 Å². The molecule has 1 aliphatic carbocycles. The highest BCUT2D eigenvalue weighted by Gasteiger charge is 2.25. The molecule has 0 atom stereocenters. The van der Waals surface area contributed by atoms with E-state index in [-0.39, 0.29) is 17.2 Å². The first-order chi connectivity index (χ1) is 17.0. The van der Waals surface area contributed by atoms with Gasteiger partial charge in [0.05, 0.1) is 6.61 Å². The van der Waals surface area contributed by atoms with E-state index >= 15 is 0 Å². The Morgan fingerprint density at radius 2 is 1.54 bits per heavy atom. The second-order valence-corrected chi connectivity index (χ2v) is 9.04. The summed E-state index contributed by atoms with van der Waals surface area (Å²) in [5.41, 5.74) is 3.16. The second kappa shape index (κ2) is 11.4. The summed E-state index contributed by atoms with van der Waals surface area (Å²) in [6.07, 6.45) is 11.4. The van der Waals surface area contributed by atoms with Crippen molar-refractivity contribution >= 4 is 12.2 Å². The number of ether oxygens (including phenoxy) is 1. The fourth-order valence-corrected chi connectivity index (χ4v) is 4.84. The van der Waals surface area contributed by atoms with Crippen molar-refractivity contribution in [3.63, 3.8) is 0 Å². The van der Waals surface area contributed by atoms with Crippen LogP contribution in [0, 0.1) is 23.4 Å². The summed E-state index contributed by atoms with van der Waals surface area (Å²) in [5.74, 6) is -1.07. The molecule has 0 spiro atoms. The highest BCUT2D eigenvalue weighted by atomic mass is 19.2. The fraction of sp³-hybridized carbons (Fsp3) is 0.290. The summed E-state index contributed by atoms with van der Waals surface area (Å²) in [7, 11) is 0. The lowest BCUT2D eigenvalue weighted by Crippen LogP contribution is -2.13. The third-order valence-corrected chi connectivity index (χ3v) is 6.75. The summed E-state index contributed by atoms with van der Waals surface area (Å²) < 4.78 is 49.2. The number of halogens is 3. The third-order valence-electron chi connectivity index (χ3n) is 6.75. The second-order valence-electron chi connectivity index (χ2n) is 9.04. The normalized spacial score (nSPS) is 18.4. The zero-order valence-corrected chi connectivity index (χ0v) is 20.2. The number of rotatable bonds is 7. The van der Waals surface area contributed by atoms with Crippen molar-refractivity contribution in [2.45, 2.75) is 45.4 Å². The third kappa shape index (κ3) is 5.87. The molecule has 0 heterocycles. The molecule has 4 heteroatoms. The van der Waals surface area contributed by atoms with E-state index in [4.69, 9.17) is 4.74 Å². The van der Waals surface area contributed by atoms with Gasteiger partial charge in [0.25, 0.3) is 0 Å². The Morgan fingerprint density at radius 3 is 2.20 bits per heavy atom. The molecule has 3 aromatic rings. The average molecular weight is 477 g/mol. The van der Waals surface area contributed by atoms with E-state index in [1.165, 1.54) is 6.07 Å². The van der Waals surface area contributed by atoms with Gasteiger partial charge < -0.3 is 4.74 Å². The van der Waals surface area contributed by atoms with E-state index in [0.29, 0.717) is 18.1 Å². The van der Waals surface area contributed by atoms with Gasteiger partial charge in [-0.2, -0.15) is 0 Å². The maximum atomic E-state index is 14.9. The van der Waals surface area contributed by atoms with Gasteiger partial charge in [0.2, 0.25) is 0 Å². The highest BCUT2D eigenvalue weighted by Crippen LogP contribution is 2.38. The van der Waals surface area contributed by atoms with Crippen molar-refractivity contribution in [3.05, 3.63) is 101 Å². The Kier molecular flexibility index (Phi) is 8.12. The summed E-state index contributed by atoms with van der Waals surface area (Å²) >= 11 is 0. The molecule has 1 aliphatic rings. The Hall–Kier alpha value is -3.27. The first-order valence-electron chi connectivity index (χ1n) is 12.3. The minimum absolute atomic E-state index is 0.0732. The van der Waals surface area contributed by atoms with E-state index in [1.807, 2.05) is 44.2 Å². The molecule has 0 amide bonds. The van der Waals surface area contributed by atoms with Crippen LogP contribution in [0.5, 0.6) is 5.75 Å². The van der Waals surface area contributed by atoms with Gasteiger partial charge in [0.1, 0.15) is 0 Å². The van der Waals surface area contributed by atoms with Gasteiger partial charge in [-0.05, 0) is 85.8 Å². The van der Waals surface area contributed by atoms with Gasteiger partial charge in [-0.3, -0.25) is 0 Å². The van der Waals surface area contributed by atoms with Crippen LogP contribution in [0.1, 0.15) is 62.1 Å². The Bertz CT molecular complexity index is 1200. The Morgan fingerprint density at radius 1 is 0.829 bits per heavy atom. The maximum absolute atomic E-state index is 14.9. The Balaban J connectivity index is 1.45. The lowest BCUT2D eigenvalue weighted by atomic mass is 9.78. The van der Waals surface area contributed by atoms with E-state index in [1.54, 1.807) is 30.4 Å². The SMILES string of the molecule is CC=CC1CCC(c2ccc(C=Cc3ccc(-c4ccc(OCC)c(F)c4)cc3)c(F)c2F)CC1. The molecule has 0 bridgehead atoms. The van der Waals surface area contributed by atoms with Crippen LogP contribution < -0.4 is 4.74 Å². The zero-order valence-electron chi connectivity index (χ0n) is 20.2. The average Bonchev–Trinajstić information content (AvgIpc) is 2.87. The standard InChI is InChI=1S/C31H31F3O/c1-3-5-21-8-13-24(14-9-21)27-18-16-25(30(33)31(27)34)15-10-22-6-11-23(12-7-22)26-17-19-29(35-4-2)28(32)20-26/h3,5-7,10-12,15-21,24H,4,8-9,13-14H2,1-2H3. The van der Waals surface area contributed by atoms with Gasteiger partial charge in [-0.15, -0.1) is 0 Å². The summed E-state index contributed by atoms with van der Waals surface area (Å²) in [4.78, 5) is 0. The van der Waals surface area contributed by atoms with Crippen LogP contribution in [-0.2, 0) is 0 Å². The molecule has 0 aromatic heterocycles. The number of hydrogen-bond donors (Lipinski definition) is 0. The largest absolute Gasteiger partial charge is 0.491 e. The molecule has 4 rings (SSSR count). The molecule has 1 nitrogen and oxygen atoms in total. The van der Waals surface area contributed by atoms with Crippen LogP contribution >= 0.6 is 0 Å². The van der Waals surface area contributed by atoms with Crippen molar-refractivity contribution in [1.29, 1.82) is 0 Å². The van der Waals surface area contributed by atoms with Gasteiger partial charge >= 0.3 is 0 Å². The van der Waals surface area contributed by atoms with Gasteiger partial charge in [-0.25, -0.2) is 13.2 Å². The number of hydrogen-bond acceptors (Lipinski definition) is 1. The van der Waals surface area contributed by atoms with Crippen molar-refractivity contribution < 1.29 is 17.9 Å². The van der Waals surface area contributed by atoms with E-state index in [0.717, 1.165) is 42.4 Å². The molecule has 1 saturated carbocycles. The lowest BCUT2D eigenvalue weighted by Gasteiger charge is -2.27. The summed E-state index contributed by atoms with van der Waals surface area (Å²) in [5, 5.41) is 0. The molecule has 0 aliphatic heterocycles. The molecular weight excluding hydrogens is 445 g/mol. The molecule has 3 aromatic carbocycles. The molecule has 1 fully saturated rings. The zero-order chi connectivity index (χ0) is 24.8. The van der Waals surface area contributed by atoms with Crippen molar-refractivity contribution in [2.75, 3.05) is 6.61 Å². The van der Waals surface area contributed by atoms with Crippen LogP contribution in [0.2, 0.25) is 0 Å². The molecule has 182 valence electrons. The predicted molar refractivity (Wildman–Crippen MR) is 138 cm³/mol. The smallest absolute Gasteiger partial charge is 0.166 e. The molecular formula is C31H31F3O. The number of allylic oxidation sites excluding steroid dienone is 2. The minimum Gasteiger partial charge on any atom is -0.491 e. The highest BCUT2D eigenvalue weighted by molar-refractivity contribution is 5.72. The molecule has 0 N–H and O–H groups in total.